The molecule has 1 N–H and O–H groups in total. The van der Waals surface area contributed by atoms with Crippen LogP contribution in [0.25, 0.3) is 0 Å². The average Bonchev–Trinajstić information content (AvgIpc) is 2.54. The van der Waals surface area contributed by atoms with Gasteiger partial charge in [0.15, 0.2) is 9.84 Å². The lowest BCUT2D eigenvalue weighted by Gasteiger charge is -2.15. The maximum atomic E-state index is 12.3. The number of carbonyl (C=O) groups is 1. The topological polar surface area (TPSA) is 72.5 Å². The molecule has 5 nitrogen and oxygen atoms in total. The van der Waals surface area contributed by atoms with Crippen LogP contribution in [0, 0.1) is 0 Å². The predicted octanol–water partition coefficient (Wildman–Crippen LogP) is 3.00. The largest absolute Gasteiger partial charge is 0.497 e. The van der Waals surface area contributed by atoms with Crippen molar-refractivity contribution in [2.45, 2.75) is 17.9 Å². The molecular weight excluding hydrogens is 350 g/mol. The molecule has 1 unspecified atom stereocenters. The molecule has 128 valence electrons. The molecule has 1 amide bonds. The Morgan fingerprint density at radius 1 is 1.17 bits per heavy atom. The quantitative estimate of drug-likeness (QED) is 0.851. The van der Waals surface area contributed by atoms with Crippen molar-refractivity contribution in [2.24, 2.45) is 0 Å². The number of hydrogen-bond acceptors (Lipinski definition) is 4. The molecule has 0 aliphatic carbocycles. The average molecular weight is 368 g/mol. The molecule has 2 aromatic carbocycles. The first-order chi connectivity index (χ1) is 11.3. The zero-order valence-electron chi connectivity index (χ0n) is 13.3. The van der Waals surface area contributed by atoms with E-state index in [4.69, 9.17) is 16.3 Å². The van der Waals surface area contributed by atoms with Crippen molar-refractivity contribution >= 4 is 27.3 Å². The second-order valence-electron chi connectivity index (χ2n) is 5.25. The standard InChI is InChI=1S/C17H18ClNO4S/c1-12(15-5-3-4-6-16(15)18)19-17(20)11-24(21,22)14-9-7-13(23-2)8-10-14/h3-10,12H,11H2,1-2H3,(H,19,20). The van der Waals surface area contributed by atoms with Gasteiger partial charge < -0.3 is 10.1 Å². The van der Waals surface area contributed by atoms with Crippen molar-refractivity contribution in [3.8, 4) is 5.75 Å². The summed E-state index contributed by atoms with van der Waals surface area (Å²) in [4.78, 5) is 12.2. The molecule has 0 bridgehead atoms. The van der Waals surface area contributed by atoms with E-state index in [1.54, 1.807) is 31.2 Å². The van der Waals surface area contributed by atoms with Crippen molar-refractivity contribution in [2.75, 3.05) is 12.9 Å². The van der Waals surface area contributed by atoms with Gasteiger partial charge in [-0.15, -0.1) is 0 Å². The highest BCUT2D eigenvalue weighted by molar-refractivity contribution is 7.92. The Hall–Kier alpha value is -2.05. The molecule has 2 aromatic rings. The van der Waals surface area contributed by atoms with Gasteiger partial charge >= 0.3 is 0 Å². The molecule has 0 heterocycles. The lowest BCUT2D eigenvalue weighted by Crippen LogP contribution is -2.32. The summed E-state index contributed by atoms with van der Waals surface area (Å²) in [6.45, 7) is 1.75. The van der Waals surface area contributed by atoms with Gasteiger partial charge in [0, 0.05) is 5.02 Å². The summed E-state index contributed by atoms with van der Waals surface area (Å²) in [5.41, 5.74) is 0.731. The van der Waals surface area contributed by atoms with E-state index in [0.29, 0.717) is 10.8 Å². The third-order valence-electron chi connectivity index (χ3n) is 3.49. The van der Waals surface area contributed by atoms with Crippen LogP contribution in [0.2, 0.25) is 5.02 Å². The van der Waals surface area contributed by atoms with Crippen molar-refractivity contribution in [1.29, 1.82) is 0 Å². The molecule has 24 heavy (non-hydrogen) atoms. The van der Waals surface area contributed by atoms with Crippen LogP contribution in [0.1, 0.15) is 18.5 Å². The molecule has 0 fully saturated rings. The summed E-state index contributed by atoms with van der Waals surface area (Å²) in [5, 5.41) is 3.18. The number of hydrogen-bond donors (Lipinski definition) is 1. The van der Waals surface area contributed by atoms with E-state index < -0.39 is 27.5 Å². The number of carbonyl (C=O) groups excluding carboxylic acids is 1. The van der Waals surface area contributed by atoms with Crippen LogP contribution in [0.4, 0.5) is 0 Å². The Morgan fingerprint density at radius 3 is 2.38 bits per heavy atom. The van der Waals surface area contributed by atoms with Gasteiger partial charge in [0.1, 0.15) is 11.5 Å². The molecule has 0 aliphatic heterocycles. The van der Waals surface area contributed by atoms with E-state index in [1.165, 1.54) is 31.4 Å². The van der Waals surface area contributed by atoms with Crippen LogP contribution in [0.3, 0.4) is 0 Å². The Kier molecular flexibility index (Phi) is 5.85. The van der Waals surface area contributed by atoms with Gasteiger partial charge in [-0.2, -0.15) is 0 Å². The lowest BCUT2D eigenvalue weighted by atomic mass is 10.1. The fourth-order valence-corrected chi connectivity index (χ4v) is 3.67. The van der Waals surface area contributed by atoms with Gasteiger partial charge in [0.05, 0.1) is 18.0 Å². The summed E-state index contributed by atoms with van der Waals surface area (Å²) in [7, 11) is -2.23. The molecule has 0 radical (unpaired) electrons. The molecule has 0 aromatic heterocycles. The highest BCUT2D eigenvalue weighted by atomic mass is 35.5. The van der Waals surface area contributed by atoms with Crippen LogP contribution in [0.15, 0.2) is 53.4 Å². The second kappa shape index (κ2) is 7.68. The number of nitrogens with one attached hydrogen (secondary N) is 1. The summed E-state index contributed by atoms with van der Waals surface area (Å²) < 4.78 is 29.6. The Bertz CT molecular complexity index is 819. The first kappa shape index (κ1) is 18.3. The Balaban J connectivity index is 2.06. The van der Waals surface area contributed by atoms with Crippen LogP contribution >= 0.6 is 11.6 Å². The van der Waals surface area contributed by atoms with E-state index in [9.17, 15) is 13.2 Å². The fraction of sp³-hybridized carbons (Fsp3) is 0.235. The van der Waals surface area contributed by atoms with Gasteiger partial charge in [0.25, 0.3) is 0 Å². The Morgan fingerprint density at radius 2 is 1.79 bits per heavy atom. The molecule has 0 saturated carbocycles. The number of benzene rings is 2. The van der Waals surface area contributed by atoms with Gasteiger partial charge in [-0.25, -0.2) is 8.42 Å². The summed E-state index contributed by atoms with van der Waals surface area (Å²) in [5.74, 6) is -0.669. The summed E-state index contributed by atoms with van der Waals surface area (Å²) in [6, 6.07) is 12.6. The van der Waals surface area contributed by atoms with Crippen LogP contribution < -0.4 is 10.1 Å². The Labute approximate surface area is 146 Å². The SMILES string of the molecule is COc1ccc(S(=O)(=O)CC(=O)NC(C)c2ccccc2Cl)cc1. The van der Waals surface area contributed by atoms with E-state index in [1.807, 2.05) is 0 Å². The maximum Gasteiger partial charge on any atom is 0.236 e. The van der Waals surface area contributed by atoms with Crippen LogP contribution in [-0.2, 0) is 14.6 Å². The number of rotatable bonds is 6. The normalized spacial score (nSPS) is 12.5. The van der Waals surface area contributed by atoms with Crippen molar-refractivity contribution in [1.82, 2.24) is 5.32 Å². The minimum absolute atomic E-state index is 0.0730. The van der Waals surface area contributed by atoms with E-state index >= 15 is 0 Å². The van der Waals surface area contributed by atoms with Crippen molar-refractivity contribution in [3.63, 3.8) is 0 Å². The minimum Gasteiger partial charge on any atom is -0.497 e. The lowest BCUT2D eigenvalue weighted by molar-refractivity contribution is -0.119. The van der Waals surface area contributed by atoms with Gasteiger partial charge in [0.2, 0.25) is 5.91 Å². The fourth-order valence-electron chi connectivity index (χ4n) is 2.23. The molecule has 1 atom stereocenters. The molecule has 7 heteroatoms. The number of methoxy groups -OCH3 is 1. The van der Waals surface area contributed by atoms with Crippen LogP contribution in [-0.4, -0.2) is 27.2 Å². The zero-order chi connectivity index (χ0) is 17.7. The third-order valence-corrected chi connectivity index (χ3v) is 5.47. The monoisotopic (exact) mass is 367 g/mol. The minimum atomic E-state index is -3.72. The van der Waals surface area contributed by atoms with E-state index in [-0.39, 0.29) is 4.90 Å². The first-order valence-corrected chi connectivity index (χ1v) is 9.27. The number of sulfone groups is 1. The number of ether oxygens (including phenoxy) is 1. The molecule has 0 saturated heterocycles. The smallest absolute Gasteiger partial charge is 0.236 e. The van der Waals surface area contributed by atoms with E-state index in [2.05, 4.69) is 5.32 Å². The van der Waals surface area contributed by atoms with Crippen LogP contribution in [0.5, 0.6) is 5.75 Å². The third kappa shape index (κ3) is 4.49. The molecule has 2 rings (SSSR count). The van der Waals surface area contributed by atoms with Gasteiger partial charge in [-0.05, 0) is 42.8 Å². The van der Waals surface area contributed by atoms with E-state index in [0.717, 1.165) is 5.56 Å². The predicted molar refractivity (Wildman–Crippen MR) is 93.1 cm³/mol. The number of amides is 1. The summed E-state index contributed by atoms with van der Waals surface area (Å²) >= 11 is 6.08. The second-order valence-corrected chi connectivity index (χ2v) is 7.64. The highest BCUT2D eigenvalue weighted by Gasteiger charge is 2.21. The van der Waals surface area contributed by atoms with Crippen molar-refractivity contribution < 1.29 is 17.9 Å². The molecular formula is C17H18ClNO4S. The zero-order valence-corrected chi connectivity index (χ0v) is 14.9. The first-order valence-electron chi connectivity index (χ1n) is 7.24. The van der Waals surface area contributed by atoms with Gasteiger partial charge in [-0.1, -0.05) is 29.8 Å². The summed E-state index contributed by atoms with van der Waals surface area (Å²) in [6.07, 6.45) is 0. The molecule has 0 aliphatic rings. The van der Waals surface area contributed by atoms with Crippen molar-refractivity contribution in [3.05, 3.63) is 59.1 Å². The highest BCUT2D eigenvalue weighted by Crippen LogP contribution is 2.22. The molecule has 0 spiro atoms. The number of halogens is 1. The maximum absolute atomic E-state index is 12.3. The van der Waals surface area contributed by atoms with Gasteiger partial charge in [-0.3, -0.25) is 4.79 Å².